The molecule has 0 spiro atoms. The van der Waals surface area contributed by atoms with E-state index in [2.05, 4.69) is 19.2 Å². The number of nitrogens with zero attached hydrogens (tertiary/aromatic N) is 1. The molecule has 0 saturated carbocycles. The zero-order chi connectivity index (χ0) is 15.1. The van der Waals surface area contributed by atoms with Gasteiger partial charge in [0.2, 0.25) is 5.91 Å². The van der Waals surface area contributed by atoms with Crippen LogP contribution in [0, 0.1) is 0 Å². The van der Waals surface area contributed by atoms with Crippen LogP contribution >= 0.6 is 0 Å². The lowest BCUT2D eigenvalue weighted by atomic mass is 10.2. The molecule has 112 valence electrons. The maximum absolute atomic E-state index is 12.0. The van der Waals surface area contributed by atoms with Gasteiger partial charge in [0.15, 0.2) is 0 Å². The molecule has 1 atom stereocenters. The van der Waals surface area contributed by atoms with Gasteiger partial charge >= 0.3 is 0 Å². The van der Waals surface area contributed by atoms with E-state index < -0.39 is 0 Å². The lowest BCUT2D eigenvalue weighted by molar-refractivity contribution is -0.117. The molecule has 0 heterocycles. The van der Waals surface area contributed by atoms with Crippen LogP contribution in [0.15, 0.2) is 18.2 Å². The SMILES string of the molecule is CCCC(C)N(C)CC(=O)Nc1ccc(OC)cc1N. The number of benzene rings is 1. The number of carbonyl (C=O) groups excluding carboxylic acids is 1. The van der Waals surface area contributed by atoms with E-state index in [0.717, 1.165) is 12.8 Å². The molecule has 1 aromatic rings. The first-order valence-electron chi connectivity index (χ1n) is 6.91. The van der Waals surface area contributed by atoms with Crippen molar-refractivity contribution in [1.82, 2.24) is 4.90 Å². The number of nitrogens with two attached hydrogens (primary N) is 1. The van der Waals surface area contributed by atoms with Gasteiger partial charge in [0.1, 0.15) is 5.75 Å². The van der Waals surface area contributed by atoms with E-state index in [1.807, 2.05) is 11.9 Å². The average Bonchev–Trinajstić information content (AvgIpc) is 2.41. The third-order valence-electron chi connectivity index (χ3n) is 3.38. The second kappa shape index (κ2) is 7.75. The predicted molar refractivity (Wildman–Crippen MR) is 83.0 cm³/mol. The molecule has 0 fully saturated rings. The molecule has 0 radical (unpaired) electrons. The predicted octanol–water partition coefficient (Wildman–Crippen LogP) is 2.34. The topological polar surface area (TPSA) is 67.6 Å². The Balaban J connectivity index is 2.58. The van der Waals surface area contributed by atoms with Crippen LogP contribution in [0.3, 0.4) is 0 Å². The highest BCUT2D eigenvalue weighted by Crippen LogP contribution is 2.23. The number of hydrogen-bond acceptors (Lipinski definition) is 4. The van der Waals surface area contributed by atoms with Crippen LogP contribution in [0.2, 0.25) is 0 Å². The van der Waals surface area contributed by atoms with Crippen molar-refractivity contribution >= 4 is 17.3 Å². The second-order valence-corrected chi connectivity index (χ2v) is 5.05. The molecule has 0 bridgehead atoms. The highest BCUT2D eigenvalue weighted by molar-refractivity contribution is 5.95. The Labute approximate surface area is 121 Å². The van der Waals surface area contributed by atoms with Gasteiger partial charge in [0.25, 0.3) is 0 Å². The van der Waals surface area contributed by atoms with Gasteiger partial charge in [-0.25, -0.2) is 0 Å². The summed E-state index contributed by atoms with van der Waals surface area (Å²) < 4.78 is 5.08. The smallest absolute Gasteiger partial charge is 0.238 e. The summed E-state index contributed by atoms with van der Waals surface area (Å²) in [5, 5.41) is 2.83. The molecule has 0 saturated heterocycles. The van der Waals surface area contributed by atoms with E-state index in [0.29, 0.717) is 29.7 Å². The van der Waals surface area contributed by atoms with Crippen LogP contribution in [-0.4, -0.2) is 37.6 Å². The van der Waals surface area contributed by atoms with Gasteiger partial charge in [0.05, 0.1) is 25.0 Å². The van der Waals surface area contributed by atoms with Gasteiger partial charge in [-0.1, -0.05) is 13.3 Å². The average molecular weight is 279 g/mol. The largest absolute Gasteiger partial charge is 0.497 e. The van der Waals surface area contributed by atoms with Crippen molar-refractivity contribution in [3.8, 4) is 5.75 Å². The molecule has 0 aliphatic carbocycles. The fourth-order valence-corrected chi connectivity index (χ4v) is 1.99. The summed E-state index contributed by atoms with van der Waals surface area (Å²) >= 11 is 0. The van der Waals surface area contributed by atoms with Crippen LogP contribution in [0.5, 0.6) is 5.75 Å². The summed E-state index contributed by atoms with van der Waals surface area (Å²) in [4.78, 5) is 14.0. The number of ether oxygens (including phenoxy) is 1. The van der Waals surface area contributed by atoms with Crippen LogP contribution in [0.1, 0.15) is 26.7 Å². The number of rotatable bonds is 7. The molecule has 5 nitrogen and oxygen atoms in total. The molecule has 1 rings (SSSR count). The highest BCUT2D eigenvalue weighted by atomic mass is 16.5. The number of likely N-dealkylation sites (N-methyl/N-ethyl adjacent to an activating group) is 1. The summed E-state index contributed by atoms with van der Waals surface area (Å²) in [7, 11) is 3.54. The van der Waals surface area contributed by atoms with Crippen LogP contribution in [-0.2, 0) is 4.79 Å². The first kappa shape index (κ1) is 16.3. The molecule has 0 aliphatic heterocycles. The number of hydrogen-bond donors (Lipinski definition) is 2. The van der Waals surface area contributed by atoms with Crippen molar-refractivity contribution < 1.29 is 9.53 Å². The van der Waals surface area contributed by atoms with Crippen molar-refractivity contribution in [2.45, 2.75) is 32.7 Å². The number of methoxy groups -OCH3 is 1. The standard InChI is InChI=1S/C15H25N3O2/c1-5-6-11(2)18(3)10-15(19)17-14-8-7-12(20-4)9-13(14)16/h7-9,11H,5-6,10,16H2,1-4H3,(H,17,19). The first-order chi connectivity index (χ1) is 9.47. The zero-order valence-corrected chi connectivity index (χ0v) is 12.8. The monoisotopic (exact) mass is 279 g/mol. The summed E-state index contributed by atoms with van der Waals surface area (Å²) in [6.07, 6.45) is 2.19. The van der Waals surface area contributed by atoms with E-state index in [1.54, 1.807) is 25.3 Å². The van der Waals surface area contributed by atoms with Gasteiger partial charge in [-0.2, -0.15) is 0 Å². The molecule has 0 aliphatic rings. The number of carbonyl (C=O) groups is 1. The van der Waals surface area contributed by atoms with Crippen molar-refractivity contribution in [2.75, 3.05) is 31.8 Å². The maximum atomic E-state index is 12.0. The Morgan fingerprint density at radius 2 is 2.20 bits per heavy atom. The summed E-state index contributed by atoms with van der Waals surface area (Å²) in [5.74, 6) is 0.613. The Morgan fingerprint density at radius 1 is 1.50 bits per heavy atom. The summed E-state index contributed by atoms with van der Waals surface area (Å²) in [6.45, 7) is 4.62. The Bertz CT molecular complexity index is 449. The Hall–Kier alpha value is -1.75. The summed E-state index contributed by atoms with van der Waals surface area (Å²) in [5.41, 5.74) is 6.99. The molecule has 3 N–H and O–H groups in total. The number of nitrogens with one attached hydrogen (secondary N) is 1. The molecule has 1 unspecified atom stereocenters. The van der Waals surface area contributed by atoms with Crippen LogP contribution in [0.25, 0.3) is 0 Å². The lowest BCUT2D eigenvalue weighted by Crippen LogP contribution is -2.36. The molecule has 5 heteroatoms. The van der Waals surface area contributed by atoms with Crippen molar-refractivity contribution in [2.24, 2.45) is 0 Å². The molecule has 1 amide bonds. The van der Waals surface area contributed by atoms with Gasteiger partial charge in [0, 0.05) is 12.1 Å². The first-order valence-corrected chi connectivity index (χ1v) is 6.91. The van der Waals surface area contributed by atoms with Crippen molar-refractivity contribution in [1.29, 1.82) is 0 Å². The van der Waals surface area contributed by atoms with E-state index in [9.17, 15) is 4.79 Å². The minimum Gasteiger partial charge on any atom is -0.497 e. The minimum atomic E-state index is -0.0627. The quantitative estimate of drug-likeness (QED) is 0.752. The van der Waals surface area contributed by atoms with E-state index in [4.69, 9.17) is 10.5 Å². The van der Waals surface area contributed by atoms with Crippen LogP contribution < -0.4 is 15.8 Å². The molecular formula is C15H25N3O2. The van der Waals surface area contributed by atoms with Crippen molar-refractivity contribution in [3.63, 3.8) is 0 Å². The van der Waals surface area contributed by atoms with Gasteiger partial charge in [-0.15, -0.1) is 0 Å². The fraction of sp³-hybridized carbons (Fsp3) is 0.533. The van der Waals surface area contributed by atoms with Crippen molar-refractivity contribution in [3.05, 3.63) is 18.2 Å². The summed E-state index contributed by atoms with van der Waals surface area (Å²) in [6, 6.07) is 5.61. The van der Waals surface area contributed by atoms with Gasteiger partial charge in [-0.05, 0) is 32.5 Å². The van der Waals surface area contributed by atoms with Crippen LogP contribution in [0.4, 0.5) is 11.4 Å². The third-order valence-corrected chi connectivity index (χ3v) is 3.38. The minimum absolute atomic E-state index is 0.0627. The highest BCUT2D eigenvalue weighted by Gasteiger charge is 2.13. The van der Waals surface area contributed by atoms with Gasteiger partial charge < -0.3 is 15.8 Å². The fourth-order valence-electron chi connectivity index (χ4n) is 1.99. The normalized spacial score (nSPS) is 12.2. The molecule has 20 heavy (non-hydrogen) atoms. The maximum Gasteiger partial charge on any atom is 0.238 e. The van der Waals surface area contributed by atoms with E-state index >= 15 is 0 Å². The van der Waals surface area contributed by atoms with E-state index in [-0.39, 0.29) is 5.91 Å². The van der Waals surface area contributed by atoms with Gasteiger partial charge in [-0.3, -0.25) is 9.69 Å². The number of amides is 1. The second-order valence-electron chi connectivity index (χ2n) is 5.05. The zero-order valence-electron chi connectivity index (χ0n) is 12.8. The Morgan fingerprint density at radius 3 is 2.75 bits per heavy atom. The van der Waals surface area contributed by atoms with E-state index in [1.165, 1.54) is 0 Å². The number of anilines is 2. The molecular weight excluding hydrogens is 254 g/mol. The number of nitrogen functional groups attached to an aromatic ring is 1. The lowest BCUT2D eigenvalue weighted by Gasteiger charge is -2.23. The third kappa shape index (κ3) is 4.74. The molecule has 0 aromatic heterocycles. The Kier molecular flexibility index (Phi) is 6.31. The molecule has 1 aromatic carbocycles.